The molecule has 0 saturated heterocycles. The fourth-order valence-electron chi connectivity index (χ4n) is 1.42. The standard InChI is InChI=1S/C11H18F3N3O2/c1-17(6-9(18)16-7-11(12,13)14)10(19)4-5-15-8-2-3-8/h8,15H,2-7H2,1H3,(H,16,18). The molecule has 0 aromatic rings. The van der Waals surface area contributed by atoms with Gasteiger partial charge in [-0.1, -0.05) is 0 Å². The van der Waals surface area contributed by atoms with Crippen molar-refractivity contribution in [2.75, 3.05) is 26.7 Å². The molecule has 0 unspecified atom stereocenters. The minimum absolute atomic E-state index is 0.236. The van der Waals surface area contributed by atoms with Gasteiger partial charge in [0.1, 0.15) is 6.54 Å². The minimum Gasteiger partial charge on any atom is -0.345 e. The van der Waals surface area contributed by atoms with E-state index in [4.69, 9.17) is 0 Å². The lowest BCUT2D eigenvalue weighted by atomic mass is 10.3. The monoisotopic (exact) mass is 281 g/mol. The molecule has 0 bridgehead atoms. The van der Waals surface area contributed by atoms with Crippen LogP contribution in [0.2, 0.25) is 0 Å². The predicted molar refractivity (Wildman–Crippen MR) is 62.3 cm³/mol. The van der Waals surface area contributed by atoms with E-state index < -0.39 is 18.6 Å². The molecule has 0 heterocycles. The highest BCUT2D eigenvalue weighted by molar-refractivity contribution is 5.84. The average molecular weight is 281 g/mol. The lowest BCUT2D eigenvalue weighted by Crippen LogP contribution is -2.42. The molecule has 5 nitrogen and oxygen atoms in total. The highest BCUT2D eigenvalue weighted by Crippen LogP contribution is 2.18. The molecule has 0 radical (unpaired) electrons. The molecule has 0 spiro atoms. The molecule has 110 valence electrons. The lowest BCUT2D eigenvalue weighted by Gasteiger charge is -2.17. The number of halogens is 3. The quantitative estimate of drug-likeness (QED) is 0.704. The third-order valence-corrected chi connectivity index (χ3v) is 2.64. The Hall–Kier alpha value is -1.31. The fourth-order valence-corrected chi connectivity index (χ4v) is 1.42. The molecule has 1 aliphatic carbocycles. The molecule has 0 aliphatic heterocycles. The van der Waals surface area contributed by atoms with Crippen molar-refractivity contribution in [3.63, 3.8) is 0 Å². The molecule has 2 amide bonds. The Labute approximate surface area is 109 Å². The summed E-state index contributed by atoms with van der Waals surface area (Å²) < 4.78 is 35.6. The van der Waals surface area contributed by atoms with Crippen LogP contribution < -0.4 is 10.6 Å². The number of nitrogens with one attached hydrogen (secondary N) is 2. The van der Waals surface area contributed by atoms with Gasteiger partial charge in [-0.15, -0.1) is 0 Å². The first-order chi connectivity index (χ1) is 8.78. The molecule has 1 saturated carbocycles. The predicted octanol–water partition coefficient (Wildman–Crippen LogP) is 0.265. The van der Waals surface area contributed by atoms with E-state index in [1.807, 2.05) is 0 Å². The van der Waals surface area contributed by atoms with Gasteiger partial charge >= 0.3 is 6.18 Å². The molecule has 2 N–H and O–H groups in total. The smallest absolute Gasteiger partial charge is 0.345 e. The van der Waals surface area contributed by atoms with Crippen molar-refractivity contribution in [1.29, 1.82) is 0 Å². The number of alkyl halides is 3. The maximum atomic E-state index is 11.9. The van der Waals surface area contributed by atoms with Gasteiger partial charge in [-0.3, -0.25) is 9.59 Å². The Morgan fingerprint density at radius 1 is 1.32 bits per heavy atom. The lowest BCUT2D eigenvalue weighted by molar-refractivity contribution is -0.141. The molecule has 0 aromatic carbocycles. The Morgan fingerprint density at radius 2 is 1.95 bits per heavy atom. The van der Waals surface area contributed by atoms with E-state index in [1.165, 1.54) is 7.05 Å². The first-order valence-electron chi connectivity index (χ1n) is 6.09. The Kier molecular flexibility index (Phi) is 5.59. The van der Waals surface area contributed by atoms with E-state index in [0.29, 0.717) is 12.6 Å². The third kappa shape index (κ3) is 7.66. The number of amides is 2. The van der Waals surface area contributed by atoms with Crippen molar-refractivity contribution in [2.24, 2.45) is 0 Å². The highest BCUT2D eigenvalue weighted by atomic mass is 19.4. The van der Waals surface area contributed by atoms with Crippen LogP contribution in [0.1, 0.15) is 19.3 Å². The Bertz CT molecular complexity index is 330. The van der Waals surface area contributed by atoms with E-state index in [9.17, 15) is 22.8 Å². The van der Waals surface area contributed by atoms with Crippen molar-refractivity contribution in [3.05, 3.63) is 0 Å². The van der Waals surface area contributed by atoms with E-state index in [-0.39, 0.29) is 18.9 Å². The average Bonchev–Trinajstić information content (AvgIpc) is 3.09. The molecule has 0 aromatic heterocycles. The summed E-state index contributed by atoms with van der Waals surface area (Å²) in [5.74, 6) is -1.08. The van der Waals surface area contributed by atoms with Gasteiger partial charge in [0, 0.05) is 26.1 Å². The summed E-state index contributed by atoms with van der Waals surface area (Å²) in [5, 5.41) is 4.86. The molecule has 0 atom stereocenters. The number of carbonyl (C=O) groups is 2. The van der Waals surface area contributed by atoms with E-state index >= 15 is 0 Å². The Morgan fingerprint density at radius 3 is 2.47 bits per heavy atom. The van der Waals surface area contributed by atoms with E-state index in [2.05, 4.69) is 5.32 Å². The topological polar surface area (TPSA) is 61.4 Å². The number of hydrogen-bond acceptors (Lipinski definition) is 3. The summed E-state index contributed by atoms with van der Waals surface area (Å²) in [6.45, 7) is -1.21. The number of hydrogen-bond donors (Lipinski definition) is 2. The zero-order chi connectivity index (χ0) is 14.5. The van der Waals surface area contributed by atoms with Crippen molar-refractivity contribution in [3.8, 4) is 0 Å². The van der Waals surface area contributed by atoms with Gasteiger partial charge in [-0.25, -0.2) is 0 Å². The molecular formula is C11H18F3N3O2. The first kappa shape index (κ1) is 15.7. The molecular weight excluding hydrogens is 263 g/mol. The number of nitrogens with zero attached hydrogens (tertiary/aromatic N) is 1. The fraction of sp³-hybridized carbons (Fsp3) is 0.818. The molecule has 8 heteroatoms. The van der Waals surface area contributed by atoms with Crippen molar-refractivity contribution < 1.29 is 22.8 Å². The highest BCUT2D eigenvalue weighted by Gasteiger charge is 2.28. The van der Waals surface area contributed by atoms with Crippen LogP contribution in [-0.4, -0.2) is 55.6 Å². The van der Waals surface area contributed by atoms with Gasteiger partial charge in [-0.2, -0.15) is 13.2 Å². The molecule has 1 fully saturated rings. The second-order valence-electron chi connectivity index (χ2n) is 4.62. The first-order valence-corrected chi connectivity index (χ1v) is 6.09. The van der Waals surface area contributed by atoms with Gasteiger partial charge in [0.05, 0.1) is 6.54 Å². The summed E-state index contributed by atoms with van der Waals surface area (Å²) in [4.78, 5) is 23.9. The largest absolute Gasteiger partial charge is 0.405 e. The van der Waals surface area contributed by atoms with Crippen LogP contribution in [0.15, 0.2) is 0 Å². The maximum Gasteiger partial charge on any atom is 0.405 e. The number of likely N-dealkylation sites (N-methyl/N-ethyl adjacent to an activating group) is 1. The van der Waals surface area contributed by atoms with Gasteiger partial charge in [0.2, 0.25) is 11.8 Å². The van der Waals surface area contributed by atoms with Gasteiger partial charge < -0.3 is 15.5 Å². The van der Waals surface area contributed by atoms with E-state index in [0.717, 1.165) is 17.7 Å². The number of rotatable bonds is 7. The van der Waals surface area contributed by atoms with Crippen molar-refractivity contribution in [2.45, 2.75) is 31.5 Å². The van der Waals surface area contributed by atoms with Gasteiger partial charge in [-0.05, 0) is 12.8 Å². The van der Waals surface area contributed by atoms with Crippen LogP contribution in [0.25, 0.3) is 0 Å². The van der Waals surface area contributed by atoms with E-state index in [1.54, 1.807) is 5.32 Å². The van der Waals surface area contributed by atoms with Crippen LogP contribution in [-0.2, 0) is 9.59 Å². The van der Waals surface area contributed by atoms with Crippen molar-refractivity contribution in [1.82, 2.24) is 15.5 Å². The summed E-state index contributed by atoms with van der Waals surface area (Å²) in [6, 6.07) is 0.494. The number of carbonyl (C=O) groups excluding carboxylic acids is 2. The summed E-state index contributed by atoms with van der Waals surface area (Å²) in [6.07, 6.45) is -1.97. The summed E-state index contributed by atoms with van der Waals surface area (Å²) in [5.41, 5.74) is 0. The summed E-state index contributed by atoms with van der Waals surface area (Å²) >= 11 is 0. The van der Waals surface area contributed by atoms with Crippen LogP contribution in [0.4, 0.5) is 13.2 Å². The zero-order valence-electron chi connectivity index (χ0n) is 10.7. The van der Waals surface area contributed by atoms with Crippen LogP contribution in [0.3, 0.4) is 0 Å². The minimum atomic E-state index is -4.44. The second kappa shape index (κ2) is 6.74. The Balaban J connectivity index is 2.14. The molecule has 1 aliphatic rings. The van der Waals surface area contributed by atoms with Crippen LogP contribution >= 0.6 is 0 Å². The normalized spacial score (nSPS) is 15.2. The second-order valence-corrected chi connectivity index (χ2v) is 4.62. The van der Waals surface area contributed by atoms with Crippen LogP contribution in [0.5, 0.6) is 0 Å². The van der Waals surface area contributed by atoms with Gasteiger partial charge in [0.15, 0.2) is 0 Å². The van der Waals surface area contributed by atoms with Crippen molar-refractivity contribution >= 4 is 11.8 Å². The SMILES string of the molecule is CN(CC(=O)NCC(F)(F)F)C(=O)CCNC1CC1. The summed E-state index contributed by atoms with van der Waals surface area (Å²) in [7, 11) is 1.40. The molecule has 19 heavy (non-hydrogen) atoms. The maximum absolute atomic E-state index is 11.9. The zero-order valence-corrected chi connectivity index (χ0v) is 10.7. The van der Waals surface area contributed by atoms with Gasteiger partial charge in [0.25, 0.3) is 0 Å². The molecule has 1 rings (SSSR count). The third-order valence-electron chi connectivity index (χ3n) is 2.64. The van der Waals surface area contributed by atoms with Crippen LogP contribution in [0, 0.1) is 0 Å².